The zero-order valence-corrected chi connectivity index (χ0v) is 14.1. The summed E-state index contributed by atoms with van der Waals surface area (Å²) in [7, 11) is 0. The third kappa shape index (κ3) is 5.34. The number of nitrogens with one attached hydrogen (secondary N) is 2. The number of ether oxygens (including phenoxy) is 5. The number of carbonyl (C=O) groups excluding carboxylic acids is 1. The number of quaternary nitrogens is 2. The third-order valence-electron chi connectivity index (χ3n) is 4.56. The summed E-state index contributed by atoms with van der Waals surface area (Å²) >= 11 is 0. The summed E-state index contributed by atoms with van der Waals surface area (Å²) in [4.78, 5) is 15.2. The van der Waals surface area contributed by atoms with Crippen LogP contribution < -0.4 is 9.80 Å². The molecule has 0 aromatic carbocycles. The highest BCUT2D eigenvalue weighted by molar-refractivity contribution is 5.86. The zero-order valence-electron chi connectivity index (χ0n) is 14.1. The molecule has 0 spiro atoms. The van der Waals surface area contributed by atoms with Crippen LogP contribution in [0.2, 0.25) is 0 Å². The van der Waals surface area contributed by atoms with Gasteiger partial charge in [0.05, 0.1) is 26.4 Å². The van der Waals surface area contributed by atoms with Crippen molar-refractivity contribution in [1.29, 1.82) is 0 Å². The predicted octanol–water partition coefficient (Wildman–Crippen LogP) is -3.38. The fourth-order valence-electron chi connectivity index (χ4n) is 3.21. The molecule has 0 saturated carbocycles. The molecule has 2 saturated heterocycles. The van der Waals surface area contributed by atoms with Crippen LogP contribution in [0, 0.1) is 0 Å². The molecular formula is C16H28N2O6+2. The first kappa shape index (κ1) is 17.5. The summed E-state index contributed by atoms with van der Waals surface area (Å²) in [6, 6.07) is 0. The van der Waals surface area contributed by atoms with Gasteiger partial charge in [0.2, 0.25) is 5.76 Å². The van der Waals surface area contributed by atoms with Crippen LogP contribution in [0.1, 0.15) is 0 Å². The number of hydrogen-bond acceptors (Lipinski definition) is 6. The van der Waals surface area contributed by atoms with Gasteiger partial charge in [0.25, 0.3) is 0 Å². The minimum absolute atomic E-state index is 0.148. The average Bonchev–Trinajstić information content (AvgIpc) is 2.64. The van der Waals surface area contributed by atoms with Crippen LogP contribution in [-0.4, -0.2) is 91.0 Å². The number of rotatable bonds is 6. The first-order chi connectivity index (χ1) is 11.8. The molecular weight excluding hydrogens is 316 g/mol. The van der Waals surface area contributed by atoms with Crippen LogP contribution in [0.5, 0.6) is 0 Å². The first-order valence-corrected chi connectivity index (χ1v) is 8.79. The molecule has 3 aliphatic rings. The Labute approximate surface area is 142 Å². The lowest BCUT2D eigenvalue weighted by Crippen LogP contribution is -3.18. The molecule has 8 nitrogen and oxygen atoms in total. The fourth-order valence-corrected chi connectivity index (χ4v) is 3.21. The van der Waals surface area contributed by atoms with Gasteiger partial charge in [0.1, 0.15) is 58.7 Å². The van der Waals surface area contributed by atoms with E-state index in [1.807, 2.05) is 0 Å². The summed E-state index contributed by atoms with van der Waals surface area (Å²) in [5, 5.41) is 0. The first-order valence-electron chi connectivity index (χ1n) is 8.79. The maximum absolute atomic E-state index is 12.3. The third-order valence-corrected chi connectivity index (χ3v) is 4.56. The average molecular weight is 344 g/mol. The topological polar surface area (TPSA) is 72.1 Å². The standard InChI is InChI=1S/C16H26N2O6/c19-16(15-13-22-9-10-23-15)24-14(11-17-1-5-20-6-2-17)12-18-3-7-21-8-4-18/h13-14H,1-12H2/p+2. The normalized spacial score (nSPS) is 23.3. The maximum atomic E-state index is 12.3. The van der Waals surface area contributed by atoms with Gasteiger partial charge < -0.3 is 33.5 Å². The van der Waals surface area contributed by atoms with E-state index >= 15 is 0 Å². The van der Waals surface area contributed by atoms with Crippen molar-refractivity contribution in [1.82, 2.24) is 0 Å². The molecule has 0 aliphatic carbocycles. The van der Waals surface area contributed by atoms with Crippen molar-refractivity contribution in [3.8, 4) is 0 Å². The van der Waals surface area contributed by atoms with Gasteiger partial charge in [0, 0.05) is 0 Å². The molecule has 3 heterocycles. The van der Waals surface area contributed by atoms with E-state index in [-0.39, 0.29) is 11.9 Å². The number of carbonyl (C=O) groups is 1. The van der Waals surface area contributed by atoms with Gasteiger partial charge in [-0.2, -0.15) is 0 Å². The van der Waals surface area contributed by atoms with Crippen molar-refractivity contribution < 1.29 is 38.3 Å². The number of esters is 1. The highest BCUT2D eigenvalue weighted by atomic mass is 16.6. The lowest BCUT2D eigenvalue weighted by Gasteiger charge is -2.31. The van der Waals surface area contributed by atoms with E-state index in [0.29, 0.717) is 13.2 Å². The van der Waals surface area contributed by atoms with Crippen LogP contribution >= 0.6 is 0 Å². The van der Waals surface area contributed by atoms with E-state index in [4.69, 9.17) is 23.7 Å². The Morgan fingerprint density at radius 3 is 2.04 bits per heavy atom. The molecule has 0 aromatic rings. The van der Waals surface area contributed by atoms with E-state index in [2.05, 4.69) is 0 Å². The summed E-state index contributed by atoms with van der Waals surface area (Å²) < 4.78 is 27.1. The highest BCUT2D eigenvalue weighted by Crippen LogP contribution is 2.07. The maximum Gasteiger partial charge on any atom is 0.377 e. The minimum atomic E-state index is -0.431. The lowest BCUT2D eigenvalue weighted by molar-refractivity contribution is -0.931. The van der Waals surface area contributed by atoms with Crippen LogP contribution in [0.3, 0.4) is 0 Å². The monoisotopic (exact) mass is 344 g/mol. The quantitative estimate of drug-likeness (QED) is 0.490. The second kappa shape index (κ2) is 9.22. The smallest absolute Gasteiger partial charge is 0.377 e. The van der Waals surface area contributed by atoms with Crippen molar-refractivity contribution in [3.05, 3.63) is 12.0 Å². The van der Waals surface area contributed by atoms with Gasteiger partial charge in [-0.1, -0.05) is 0 Å². The van der Waals surface area contributed by atoms with Gasteiger partial charge in [0.15, 0.2) is 6.10 Å². The highest BCUT2D eigenvalue weighted by Gasteiger charge is 2.30. The SMILES string of the molecule is O=C(OC(C[NH+]1CCOCC1)C[NH+]1CCOCC1)C1=COCCO1. The molecule has 0 amide bonds. The van der Waals surface area contributed by atoms with Crippen LogP contribution in [-0.2, 0) is 28.5 Å². The van der Waals surface area contributed by atoms with Gasteiger partial charge in [-0.15, -0.1) is 0 Å². The molecule has 0 atom stereocenters. The largest absolute Gasteiger partial charge is 0.493 e. The Bertz CT molecular complexity index is 412. The van der Waals surface area contributed by atoms with Gasteiger partial charge >= 0.3 is 5.97 Å². The van der Waals surface area contributed by atoms with Crippen LogP contribution in [0.4, 0.5) is 0 Å². The van der Waals surface area contributed by atoms with Crippen molar-refractivity contribution in [2.24, 2.45) is 0 Å². The Morgan fingerprint density at radius 2 is 1.54 bits per heavy atom. The summed E-state index contributed by atoms with van der Waals surface area (Å²) in [5.74, 6) is -0.264. The van der Waals surface area contributed by atoms with E-state index in [9.17, 15) is 4.79 Å². The Hall–Kier alpha value is -1.35. The number of hydrogen-bond donors (Lipinski definition) is 2. The Balaban J connectivity index is 1.56. The molecule has 0 bridgehead atoms. The fraction of sp³-hybridized carbons (Fsp3) is 0.812. The Morgan fingerprint density at radius 1 is 0.958 bits per heavy atom. The van der Waals surface area contributed by atoms with Crippen molar-refractivity contribution in [2.75, 3.05) is 78.9 Å². The lowest BCUT2D eigenvalue weighted by atomic mass is 10.2. The molecule has 8 heteroatoms. The van der Waals surface area contributed by atoms with Crippen LogP contribution in [0.25, 0.3) is 0 Å². The molecule has 3 aliphatic heterocycles. The minimum Gasteiger partial charge on any atom is -0.493 e. The molecule has 2 fully saturated rings. The van der Waals surface area contributed by atoms with Gasteiger partial charge in [-0.3, -0.25) is 0 Å². The van der Waals surface area contributed by atoms with Crippen LogP contribution in [0.15, 0.2) is 12.0 Å². The summed E-state index contributed by atoms with van der Waals surface area (Å²) in [6.07, 6.45) is 1.21. The molecule has 3 rings (SSSR count). The molecule has 2 N–H and O–H groups in total. The molecule has 136 valence electrons. The van der Waals surface area contributed by atoms with E-state index in [0.717, 1.165) is 65.7 Å². The Kier molecular flexibility index (Phi) is 6.71. The van der Waals surface area contributed by atoms with Crippen molar-refractivity contribution in [3.63, 3.8) is 0 Å². The summed E-state index contributed by atoms with van der Waals surface area (Å²) in [6.45, 7) is 9.33. The molecule has 0 aromatic heterocycles. The van der Waals surface area contributed by atoms with Gasteiger partial charge in [-0.25, -0.2) is 4.79 Å². The molecule has 0 radical (unpaired) electrons. The second-order valence-electron chi connectivity index (χ2n) is 6.36. The number of morpholine rings is 2. The zero-order chi connectivity index (χ0) is 16.6. The van der Waals surface area contributed by atoms with Gasteiger partial charge in [-0.05, 0) is 0 Å². The van der Waals surface area contributed by atoms with Crippen molar-refractivity contribution in [2.45, 2.75) is 6.10 Å². The second-order valence-corrected chi connectivity index (χ2v) is 6.36. The molecule has 24 heavy (non-hydrogen) atoms. The van der Waals surface area contributed by atoms with E-state index in [1.54, 1.807) is 0 Å². The van der Waals surface area contributed by atoms with E-state index < -0.39 is 5.97 Å². The summed E-state index contributed by atoms with van der Waals surface area (Å²) in [5.41, 5.74) is 0. The predicted molar refractivity (Wildman–Crippen MR) is 82.6 cm³/mol. The van der Waals surface area contributed by atoms with Crippen molar-refractivity contribution >= 4 is 5.97 Å². The molecule has 0 unspecified atom stereocenters. The van der Waals surface area contributed by atoms with E-state index in [1.165, 1.54) is 16.1 Å².